The van der Waals surface area contributed by atoms with Gasteiger partial charge < -0.3 is 9.80 Å². The summed E-state index contributed by atoms with van der Waals surface area (Å²) in [6.07, 6.45) is 2.80. The summed E-state index contributed by atoms with van der Waals surface area (Å²) in [6.45, 7) is 6.93. The first kappa shape index (κ1) is 12.8. The minimum absolute atomic E-state index is 0.705. The molecular formula is C15H19N5. The van der Waals surface area contributed by atoms with Crippen LogP contribution in [0, 0.1) is 0 Å². The molecule has 0 unspecified atom stereocenters. The molecule has 104 valence electrons. The minimum atomic E-state index is 0.705. The molecule has 5 nitrogen and oxygen atoms in total. The Labute approximate surface area is 119 Å². The summed E-state index contributed by atoms with van der Waals surface area (Å²) < 4.78 is 0. The summed E-state index contributed by atoms with van der Waals surface area (Å²) >= 11 is 0. The van der Waals surface area contributed by atoms with Crippen molar-refractivity contribution in [2.45, 2.75) is 20.3 Å². The summed E-state index contributed by atoms with van der Waals surface area (Å²) in [5.74, 6) is 1.59. The van der Waals surface area contributed by atoms with Crippen molar-refractivity contribution in [2.75, 3.05) is 29.4 Å². The van der Waals surface area contributed by atoms with Gasteiger partial charge in [0, 0.05) is 25.3 Å². The molecule has 0 saturated heterocycles. The number of para-hydroxylation sites is 1. The Bertz CT molecular complexity index is 594. The zero-order valence-corrected chi connectivity index (χ0v) is 12.0. The molecule has 1 aliphatic rings. The highest BCUT2D eigenvalue weighted by Crippen LogP contribution is 2.33. The first-order chi connectivity index (χ1) is 9.83. The average Bonchev–Trinajstić information content (AvgIpc) is 2.93. The average molecular weight is 269 g/mol. The third kappa shape index (κ3) is 2.19. The molecule has 0 bridgehead atoms. The lowest BCUT2D eigenvalue weighted by molar-refractivity contribution is 0.789. The maximum atomic E-state index is 4.67. The molecule has 1 aliphatic heterocycles. The second kappa shape index (κ2) is 5.45. The highest BCUT2D eigenvalue weighted by Gasteiger charge is 2.21. The van der Waals surface area contributed by atoms with Gasteiger partial charge in [0.05, 0.1) is 6.20 Å². The Morgan fingerprint density at radius 1 is 1.20 bits per heavy atom. The van der Waals surface area contributed by atoms with Crippen LogP contribution in [0.5, 0.6) is 0 Å². The van der Waals surface area contributed by atoms with Crippen molar-refractivity contribution in [3.8, 4) is 0 Å². The molecule has 0 spiro atoms. The van der Waals surface area contributed by atoms with E-state index in [2.05, 4.69) is 63.1 Å². The predicted octanol–water partition coefficient (Wildman–Crippen LogP) is 2.41. The van der Waals surface area contributed by atoms with Gasteiger partial charge in [-0.1, -0.05) is 18.2 Å². The predicted molar refractivity (Wildman–Crippen MR) is 80.5 cm³/mol. The van der Waals surface area contributed by atoms with Crippen LogP contribution >= 0.6 is 0 Å². The van der Waals surface area contributed by atoms with Crippen LogP contribution in [-0.2, 0) is 6.42 Å². The number of nitrogens with zero attached hydrogens (tertiary/aromatic N) is 5. The Morgan fingerprint density at radius 3 is 2.80 bits per heavy atom. The lowest BCUT2D eigenvalue weighted by Gasteiger charge is -2.21. The second-order valence-electron chi connectivity index (χ2n) is 4.82. The van der Waals surface area contributed by atoms with Gasteiger partial charge in [0.15, 0.2) is 5.82 Å². The van der Waals surface area contributed by atoms with Gasteiger partial charge in [0.2, 0.25) is 5.95 Å². The maximum absolute atomic E-state index is 4.67. The van der Waals surface area contributed by atoms with E-state index in [0.29, 0.717) is 5.95 Å². The summed E-state index contributed by atoms with van der Waals surface area (Å²) in [5.41, 5.74) is 2.61. The monoisotopic (exact) mass is 269 g/mol. The molecule has 1 aromatic carbocycles. The summed E-state index contributed by atoms with van der Waals surface area (Å²) in [7, 11) is 0. The fourth-order valence-electron chi connectivity index (χ4n) is 2.63. The third-order valence-electron chi connectivity index (χ3n) is 3.74. The number of hydrogen-bond acceptors (Lipinski definition) is 5. The highest BCUT2D eigenvalue weighted by atomic mass is 15.3. The highest BCUT2D eigenvalue weighted by molar-refractivity contribution is 5.67. The fraction of sp³-hybridized carbons (Fsp3) is 0.400. The smallest absolute Gasteiger partial charge is 0.247 e. The molecule has 1 aromatic heterocycles. The van der Waals surface area contributed by atoms with Gasteiger partial charge in [-0.15, -0.1) is 5.10 Å². The molecular weight excluding hydrogens is 250 g/mol. The number of benzene rings is 1. The Morgan fingerprint density at radius 2 is 2.00 bits per heavy atom. The van der Waals surface area contributed by atoms with Gasteiger partial charge in [-0.25, -0.2) is 0 Å². The van der Waals surface area contributed by atoms with Gasteiger partial charge >= 0.3 is 0 Å². The van der Waals surface area contributed by atoms with Crippen molar-refractivity contribution in [3.05, 3.63) is 36.0 Å². The van der Waals surface area contributed by atoms with E-state index in [1.54, 1.807) is 6.20 Å². The molecule has 0 N–H and O–H groups in total. The largest absolute Gasteiger partial charge is 0.340 e. The van der Waals surface area contributed by atoms with Crippen molar-refractivity contribution in [1.29, 1.82) is 0 Å². The van der Waals surface area contributed by atoms with Crippen LogP contribution in [0.2, 0.25) is 0 Å². The molecule has 0 aliphatic carbocycles. The van der Waals surface area contributed by atoms with Crippen LogP contribution in [0.1, 0.15) is 19.4 Å². The molecule has 0 fully saturated rings. The SMILES string of the molecule is CCN(CC)c1nncc(N2CCc3ccccc32)n1. The van der Waals surface area contributed by atoms with Crippen LogP contribution in [-0.4, -0.2) is 34.8 Å². The van der Waals surface area contributed by atoms with Gasteiger partial charge in [-0.05, 0) is 31.9 Å². The normalized spacial score (nSPS) is 13.4. The second-order valence-corrected chi connectivity index (χ2v) is 4.82. The Kier molecular flexibility index (Phi) is 3.50. The molecule has 0 atom stereocenters. The van der Waals surface area contributed by atoms with Gasteiger partial charge in [0.1, 0.15) is 0 Å². The van der Waals surface area contributed by atoms with Gasteiger partial charge in [-0.3, -0.25) is 0 Å². The van der Waals surface area contributed by atoms with E-state index in [0.717, 1.165) is 31.9 Å². The van der Waals surface area contributed by atoms with E-state index < -0.39 is 0 Å². The number of rotatable bonds is 4. The van der Waals surface area contributed by atoms with Crippen molar-refractivity contribution < 1.29 is 0 Å². The number of fused-ring (bicyclic) bond motifs is 1. The fourth-order valence-corrected chi connectivity index (χ4v) is 2.63. The van der Waals surface area contributed by atoms with Crippen molar-refractivity contribution >= 4 is 17.5 Å². The number of aromatic nitrogens is 3. The van der Waals surface area contributed by atoms with E-state index >= 15 is 0 Å². The molecule has 5 heteroatoms. The summed E-state index contributed by atoms with van der Waals surface area (Å²) in [5, 5.41) is 8.27. The van der Waals surface area contributed by atoms with Crippen LogP contribution in [0.4, 0.5) is 17.5 Å². The zero-order valence-electron chi connectivity index (χ0n) is 12.0. The number of anilines is 3. The van der Waals surface area contributed by atoms with Crippen molar-refractivity contribution in [2.24, 2.45) is 0 Å². The summed E-state index contributed by atoms with van der Waals surface area (Å²) in [4.78, 5) is 9.00. The maximum Gasteiger partial charge on any atom is 0.247 e. The van der Waals surface area contributed by atoms with Gasteiger partial charge in [-0.2, -0.15) is 10.1 Å². The lowest BCUT2D eigenvalue weighted by Crippen LogP contribution is -2.26. The van der Waals surface area contributed by atoms with E-state index in [9.17, 15) is 0 Å². The standard InChI is InChI=1S/C15H19N5/c1-3-19(4-2)15-17-14(11-16-18-15)20-10-9-12-7-5-6-8-13(12)20/h5-8,11H,3-4,9-10H2,1-2H3. The molecule has 2 heterocycles. The molecule has 3 rings (SSSR count). The summed E-state index contributed by atoms with van der Waals surface area (Å²) in [6, 6.07) is 8.47. The molecule has 0 radical (unpaired) electrons. The Balaban J connectivity index is 1.94. The lowest BCUT2D eigenvalue weighted by atomic mass is 10.2. The van der Waals surface area contributed by atoms with Crippen molar-refractivity contribution in [1.82, 2.24) is 15.2 Å². The van der Waals surface area contributed by atoms with Crippen LogP contribution in [0.3, 0.4) is 0 Å². The molecule has 2 aromatic rings. The first-order valence-electron chi connectivity index (χ1n) is 7.13. The van der Waals surface area contributed by atoms with E-state index in [-0.39, 0.29) is 0 Å². The van der Waals surface area contributed by atoms with E-state index in [1.165, 1.54) is 11.3 Å². The molecule has 0 saturated carbocycles. The zero-order chi connectivity index (χ0) is 13.9. The van der Waals surface area contributed by atoms with E-state index in [4.69, 9.17) is 0 Å². The van der Waals surface area contributed by atoms with Gasteiger partial charge in [0.25, 0.3) is 0 Å². The molecule has 20 heavy (non-hydrogen) atoms. The third-order valence-corrected chi connectivity index (χ3v) is 3.74. The first-order valence-corrected chi connectivity index (χ1v) is 7.13. The van der Waals surface area contributed by atoms with Crippen LogP contribution in [0.25, 0.3) is 0 Å². The topological polar surface area (TPSA) is 45.2 Å². The number of hydrogen-bond donors (Lipinski definition) is 0. The van der Waals surface area contributed by atoms with Crippen LogP contribution in [0.15, 0.2) is 30.5 Å². The van der Waals surface area contributed by atoms with Crippen molar-refractivity contribution in [3.63, 3.8) is 0 Å². The molecule has 0 amide bonds. The minimum Gasteiger partial charge on any atom is -0.340 e. The van der Waals surface area contributed by atoms with E-state index in [1.807, 2.05) is 0 Å². The Hall–Kier alpha value is -2.17. The van der Waals surface area contributed by atoms with Crippen LogP contribution < -0.4 is 9.80 Å². The quantitative estimate of drug-likeness (QED) is 0.853.